The minimum absolute atomic E-state index is 0. The quantitative estimate of drug-likeness (QED) is 0.755. The fraction of sp³-hybridized carbons (Fsp3) is 0.286. The second-order valence-corrected chi connectivity index (χ2v) is 6.75. The Balaban J connectivity index is 0.00000240. The molecule has 2 aliphatic heterocycles. The molecule has 29 heavy (non-hydrogen) atoms. The largest absolute Gasteiger partial charge is 0.379 e. The second kappa shape index (κ2) is 9.17. The summed E-state index contributed by atoms with van der Waals surface area (Å²) in [6.07, 6.45) is 0. The number of morpholine rings is 1. The Bertz CT molecular complexity index is 913. The van der Waals surface area contributed by atoms with E-state index in [1.165, 1.54) is 6.07 Å². The maximum absolute atomic E-state index is 12.8. The number of hydrogen-bond acceptors (Lipinski definition) is 5. The first kappa shape index (κ1) is 21.0. The maximum Gasteiger partial charge on any atom is 0.266 e. The van der Waals surface area contributed by atoms with Crippen molar-refractivity contribution in [3.8, 4) is 0 Å². The number of benzene rings is 2. The number of amides is 3. The Kier molecular flexibility index (Phi) is 6.64. The first-order chi connectivity index (χ1) is 13.6. The first-order valence-electron chi connectivity index (χ1n) is 9.31. The lowest BCUT2D eigenvalue weighted by Crippen LogP contribution is -2.41. The van der Waals surface area contributed by atoms with Crippen LogP contribution in [0, 0.1) is 0 Å². The first-order valence-corrected chi connectivity index (χ1v) is 9.31. The summed E-state index contributed by atoms with van der Waals surface area (Å²) in [5.74, 6) is -1.03. The van der Waals surface area contributed by atoms with Crippen LogP contribution in [0.25, 0.3) is 0 Å². The molecule has 2 heterocycles. The topological polar surface area (TPSA) is 79.0 Å². The van der Waals surface area contributed by atoms with Gasteiger partial charge in [0.1, 0.15) is 0 Å². The molecule has 1 N–H and O–H groups in total. The highest BCUT2D eigenvalue weighted by Crippen LogP contribution is 2.28. The Morgan fingerprint density at radius 1 is 0.966 bits per heavy atom. The third kappa shape index (κ3) is 4.32. The number of carbonyl (C=O) groups is 3. The van der Waals surface area contributed by atoms with Crippen molar-refractivity contribution in [2.45, 2.75) is 0 Å². The van der Waals surface area contributed by atoms with Crippen LogP contribution in [-0.4, -0.2) is 62.0 Å². The molecule has 3 amide bonds. The Labute approximate surface area is 175 Å². The fourth-order valence-electron chi connectivity index (χ4n) is 3.45. The number of nitrogens with zero attached hydrogens (tertiary/aromatic N) is 2. The smallest absolute Gasteiger partial charge is 0.266 e. The van der Waals surface area contributed by atoms with Crippen LogP contribution in [0.1, 0.15) is 31.1 Å². The van der Waals surface area contributed by atoms with Crippen molar-refractivity contribution >= 4 is 35.8 Å². The lowest BCUT2D eigenvalue weighted by Gasteiger charge is -2.26. The van der Waals surface area contributed by atoms with Crippen LogP contribution in [-0.2, 0) is 4.74 Å². The number of halogens is 1. The number of para-hydroxylation sites is 1. The van der Waals surface area contributed by atoms with Crippen molar-refractivity contribution < 1.29 is 19.1 Å². The van der Waals surface area contributed by atoms with Gasteiger partial charge in [0.25, 0.3) is 17.7 Å². The summed E-state index contributed by atoms with van der Waals surface area (Å²) < 4.78 is 5.31. The van der Waals surface area contributed by atoms with Crippen molar-refractivity contribution in [2.24, 2.45) is 0 Å². The molecule has 1 saturated heterocycles. The molecule has 0 bridgehead atoms. The molecule has 0 aliphatic carbocycles. The van der Waals surface area contributed by atoms with Gasteiger partial charge in [0.15, 0.2) is 0 Å². The van der Waals surface area contributed by atoms with Gasteiger partial charge in [-0.25, -0.2) is 4.90 Å². The van der Waals surface area contributed by atoms with E-state index in [2.05, 4.69) is 10.2 Å². The van der Waals surface area contributed by atoms with Crippen LogP contribution in [0.15, 0.2) is 48.5 Å². The molecule has 2 aliphatic rings. The van der Waals surface area contributed by atoms with Crippen LogP contribution >= 0.6 is 12.4 Å². The highest BCUT2D eigenvalue weighted by molar-refractivity contribution is 6.34. The molecule has 2 aromatic carbocycles. The van der Waals surface area contributed by atoms with Crippen LogP contribution in [0.5, 0.6) is 0 Å². The number of anilines is 1. The Morgan fingerprint density at radius 2 is 1.66 bits per heavy atom. The molecule has 0 atom stereocenters. The molecule has 0 saturated carbocycles. The molecular weight excluding hydrogens is 394 g/mol. The normalized spacial score (nSPS) is 16.3. The van der Waals surface area contributed by atoms with Gasteiger partial charge < -0.3 is 10.1 Å². The molecule has 2 aromatic rings. The molecule has 7 nitrogen and oxygen atoms in total. The van der Waals surface area contributed by atoms with Crippen LogP contribution in [0.2, 0.25) is 0 Å². The standard InChI is InChI=1S/C21H21N3O4.ClH/c25-19(22-8-9-23-10-12-28-13-11-23)15-6-7-17-18(14-15)21(27)24(20(17)26)16-4-2-1-3-5-16;/h1-7,14H,8-13H2,(H,22,25);1H. The third-order valence-electron chi connectivity index (χ3n) is 4.98. The van der Waals surface area contributed by atoms with Crippen molar-refractivity contribution in [3.63, 3.8) is 0 Å². The number of rotatable bonds is 5. The van der Waals surface area contributed by atoms with Crippen molar-refractivity contribution in [1.29, 1.82) is 0 Å². The summed E-state index contributed by atoms with van der Waals surface area (Å²) in [6, 6.07) is 13.4. The predicted octanol–water partition coefficient (Wildman–Crippen LogP) is 1.97. The van der Waals surface area contributed by atoms with Crippen LogP contribution in [0.4, 0.5) is 5.69 Å². The summed E-state index contributed by atoms with van der Waals surface area (Å²) in [4.78, 5) is 41.2. The second-order valence-electron chi connectivity index (χ2n) is 6.75. The maximum atomic E-state index is 12.8. The van der Waals surface area contributed by atoms with Gasteiger partial charge in [0.2, 0.25) is 0 Å². The van der Waals surface area contributed by atoms with E-state index in [4.69, 9.17) is 4.74 Å². The van der Waals surface area contributed by atoms with Crippen molar-refractivity contribution in [1.82, 2.24) is 10.2 Å². The van der Waals surface area contributed by atoms with Crippen LogP contribution < -0.4 is 10.2 Å². The summed E-state index contributed by atoms with van der Waals surface area (Å²) in [6.45, 7) is 4.42. The zero-order valence-electron chi connectivity index (χ0n) is 15.8. The van der Waals surface area contributed by atoms with E-state index < -0.39 is 5.91 Å². The predicted molar refractivity (Wildman–Crippen MR) is 111 cm³/mol. The molecule has 0 unspecified atom stereocenters. The number of hydrogen-bond donors (Lipinski definition) is 1. The van der Waals surface area contributed by atoms with Gasteiger partial charge in [-0.1, -0.05) is 18.2 Å². The summed E-state index contributed by atoms with van der Waals surface area (Å²) in [5.41, 5.74) is 1.47. The number of fused-ring (bicyclic) bond motifs is 1. The molecule has 152 valence electrons. The average molecular weight is 416 g/mol. The lowest BCUT2D eigenvalue weighted by atomic mass is 10.1. The molecule has 0 spiro atoms. The molecular formula is C21H22ClN3O4. The summed E-state index contributed by atoms with van der Waals surface area (Å²) >= 11 is 0. The van der Waals surface area contributed by atoms with Gasteiger partial charge in [-0.05, 0) is 30.3 Å². The number of nitrogens with one attached hydrogen (secondary N) is 1. The van der Waals surface area contributed by atoms with Gasteiger partial charge in [-0.15, -0.1) is 12.4 Å². The van der Waals surface area contributed by atoms with E-state index in [0.717, 1.165) is 24.5 Å². The van der Waals surface area contributed by atoms with Crippen molar-refractivity contribution in [2.75, 3.05) is 44.3 Å². The van der Waals surface area contributed by atoms with E-state index in [1.807, 2.05) is 6.07 Å². The summed E-state index contributed by atoms with van der Waals surface area (Å²) in [5, 5.41) is 2.88. The number of carbonyl (C=O) groups excluding carboxylic acids is 3. The van der Waals surface area contributed by atoms with Gasteiger partial charge in [0, 0.05) is 31.7 Å². The van der Waals surface area contributed by atoms with Gasteiger partial charge >= 0.3 is 0 Å². The van der Waals surface area contributed by atoms with E-state index in [-0.39, 0.29) is 29.8 Å². The van der Waals surface area contributed by atoms with Crippen LogP contribution in [0.3, 0.4) is 0 Å². The fourth-order valence-corrected chi connectivity index (χ4v) is 3.45. The van der Waals surface area contributed by atoms with E-state index in [9.17, 15) is 14.4 Å². The van der Waals surface area contributed by atoms with E-state index in [0.29, 0.717) is 36.6 Å². The Hall–Kier alpha value is -2.74. The highest BCUT2D eigenvalue weighted by Gasteiger charge is 2.37. The molecule has 1 fully saturated rings. The minimum atomic E-state index is -0.408. The summed E-state index contributed by atoms with van der Waals surface area (Å²) in [7, 11) is 0. The zero-order valence-corrected chi connectivity index (χ0v) is 16.6. The average Bonchev–Trinajstić information content (AvgIpc) is 2.99. The molecule has 0 radical (unpaired) electrons. The van der Waals surface area contributed by atoms with Gasteiger partial charge in [-0.2, -0.15) is 0 Å². The van der Waals surface area contributed by atoms with Crippen molar-refractivity contribution in [3.05, 3.63) is 65.2 Å². The minimum Gasteiger partial charge on any atom is -0.379 e. The Morgan fingerprint density at radius 3 is 2.38 bits per heavy atom. The SMILES string of the molecule is Cl.O=C(NCCN1CCOCC1)c1ccc2c(c1)C(=O)N(c1ccccc1)C2=O. The lowest BCUT2D eigenvalue weighted by molar-refractivity contribution is 0.0383. The number of ether oxygens (including phenoxy) is 1. The number of imide groups is 1. The molecule has 4 rings (SSSR count). The third-order valence-corrected chi connectivity index (χ3v) is 4.98. The van der Waals surface area contributed by atoms with E-state index in [1.54, 1.807) is 36.4 Å². The molecule has 8 heteroatoms. The monoisotopic (exact) mass is 415 g/mol. The van der Waals surface area contributed by atoms with Gasteiger partial charge in [-0.3, -0.25) is 19.3 Å². The molecule has 0 aromatic heterocycles. The van der Waals surface area contributed by atoms with E-state index >= 15 is 0 Å². The van der Waals surface area contributed by atoms with Gasteiger partial charge in [0.05, 0.1) is 30.0 Å². The zero-order chi connectivity index (χ0) is 19.5. The highest BCUT2D eigenvalue weighted by atomic mass is 35.5.